The molecule has 3 atom stereocenters. The molecule has 3 aliphatic rings. The third kappa shape index (κ3) is 4.71. The number of epoxide rings is 3. The second-order valence-corrected chi connectivity index (χ2v) is 6.98. The molecule has 0 spiro atoms. The van der Waals surface area contributed by atoms with Gasteiger partial charge in [-0.2, -0.15) is 0 Å². The number of rotatable bonds is 10. The van der Waals surface area contributed by atoms with E-state index in [9.17, 15) is 0 Å². The zero-order valence-corrected chi connectivity index (χ0v) is 15.0. The quantitative estimate of drug-likeness (QED) is 0.599. The summed E-state index contributed by atoms with van der Waals surface area (Å²) in [5.41, 5.74) is 2.03. The van der Waals surface area contributed by atoms with Crippen molar-refractivity contribution in [3.63, 3.8) is 0 Å². The van der Waals surface area contributed by atoms with Crippen molar-refractivity contribution in [1.82, 2.24) is 0 Å². The van der Waals surface area contributed by atoms with Crippen molar-refractivity contribution < 1.29 is 28.4 Å². The highest BCUT2D eigenvalue weighted by Gasteiger charge is 2.25. The van der Waals surface area contributed by atoms with E-state index in [-0.39, 0.29) is 18.3 Å². The number of hydrogen-bond donors (Lipinski definition) is 0. The lowest BCUT2D eigenvalue weighted by molar-refractivity contribution is 0.258. The van der Waals surface area contributed by atoms with Crippen molar-refractivity contribution in [2.24, 2.45) is 0 Å². The van der Waals surface area contributed by atoms with E-state index in [4.69, 9.17) is 28.4 Å². The van der Waals surface area contributed by atoms with E-state index in [0.717, 1.165) is 48.2 Å². The Morgan fingerprint density at radius 2 is 1.19 bits per heavy atom. The molecule has 0 bridgehead atoms. The lowest BCUT2D eigenvalue weighted by atomic mass is 10.0. The molecule has 3 aliphatic heterocycles. The van der Waals surface area contributed by atoms with Gasteiger partial charge >= 0.3 is 0 Å². The molecule has 6 nitrogen and oxygen atoms in total. The molecule has 2 aromatic carbocycles. The normalized spacial score (nSPS) is 25.0. The van der Waals surface area contributed by atoms with Crippen LogP contribution in [-0.4, -0.2) is 58.0 Å². The van der Waals surface area contributed by atoms with Gasteiger partial charge in [0.1, 0.15) is 55.4 Å². The first-order chi connectivity index (χ1) is 13.3. The molecule has 0 amide bonds. The van der Waals surface area contributed by atoms with Gasteiger partial charge in [0.2, 0.25) is 0 Å². The van der Waals surface area contributed by atoms with E-state index in [2.05, 4.69) is 0 Å². The van der Waals surface area contributed by atoms with E-state index >= 15 is 0 Å². The van der Waals surface area contributed by atoms with Crippen molar-refractivity contribution in [1.29, 1.82) is 0 Å². The van der Waals surface area contributed by atoms with Gasteiger partial charge < -0.3 is 28.4 Å². The molecule has 2 aromatic rings. The van der Waals surface area contributed by atoms with E-state index in [1.54, 1.807) is 0 Å². The maximum Gasteiger partial charge on any atom is 0.127 e. The third-order valence-electron chi connectivity index (χ3n) is 4.62. The first-order valence-corrected chi connectivity index (χ1v) is 9.31. The van der Waals surface area contributed by atoms with Crippen LogP contribution in [0.4, 0.5) is 0 Å². The minimum atomic E-state index is 0.209. The molecule has 3 heterocycles. The SMILES string of the molecule is c1cc(-c2cc(OCC3CO3)ccc2OCC2CO2)ccc1OCC1CO1. The zero-order chi connectivity index (χ0) is 18.1. The van der Waals surface area contributed by atoms with Gasteiger partial charge in [0.25, 0.3) is 0 Å². The Labute approximate surface area is 157 Å². The molecule has 5 rings (SSSR count). The van der Waals surface area contributed by atoms with Gasteiger partial charge in [0.05, 0.1) is 19.8 Å². The van der Waals surface area contributed by atoms with Crippen molar-refractivity contribution in [2.45, 2.75) is 18.3 Å². The van der Waals surface area contributed by atoms with Crippen LogP contribution in [0.15, 0.2) is 42.5 Å². The lowest BCUT2D eigenvalue weighted by Crippen LogP contribution is -2.06. The van der Waals surface area contributed by atoms with Gasteiger partial charge in [-0.15, -0.1) is 0 Å². The summed E-state index contributed by atoms with van der Waals surface area (Å²) in [4.78, 5) is 0. The fraction of sp³-hybridized carbons (Fsp3) is 0.429. The molecular formula is C21H22O6. The third-order valence-corrected chi connectivity index (χ3v) is 4.62. The topological polar surface area (TPSA) is 65.3 Å². The Morgan fingerprint density at radius 3 is 1.78 bits per heavy atom. The molecule has 3 fully saturated rings. The van der Waals surface area contributed by atoms with Crippen molar-refractivity contribution in [2.75, 3.05) is 39.6 Å². The summed E-state index contributed by atoms with van der Waals surface area (Å²) in [5.74, 6) is 2.46. The van der Waals surface area contributed by atoms with Crippen LogP contribution in [0.25, 0.3) is 11.1 Å². The summed E-state index contributed by atoms with van der Waals surface area (Å²) in [7, 11) is 0. The first kappa shape index (κ1) is 16.9. The van der Waals surface area contributed by atoms with Crippen LogP contribution in [0, 0.1) is 0 Å². The van der Waals surface area contributed by atoms with Gasteiger partial charge in [0, 0.05) is 5.56 Å². The number of ether oxygens (including phenoxy) is 6. The number of hydrogen-bond acceptors (Lipinski definition) is 6. The van der Waals surface area contributed by atoms with E-state index in [1.165, 1.54) is 0 Å². The smallest absolute Gasteiger partial charge is 0.127 e. The zero-order valence-electron chi connectivity index (χ0n) is 15.0. The minimum absolute atomic E-state index is 0.209. The summed E-state index contributed by atoms with van der Waals surface area (Å²) in [6, 6.07) is 13.9. The lowest BCUT2D eigenvalue weighted by Gasteiger charge is -2.14. The van der Waals surface area contributed by atoms with E-state index < -0.39 is 0 Å². The molecule has 0 aliphatic carbocycles. The Hall–Kier alpha value is -2.28. The summed E-state index contributed by atoms with van der Waals surface area (Å²) in [6.45, 7) is 4.08. The predicted octanol–water partition coefficient (Wildman–Crippen LogP) is 2.69. The van der Waals surface area contributed by atoms with Gasteiger partial charge in [-0.25, -0.2) is 0 Å². The average molecular weight is 370 g/mol. The fourth-order valence-electron chi connectivity index (χ4n) is 2.73. The van der Waals surface area contributed by atoms with Gasteiger partial charge in [0.15, 0.2) is 0 Å². The summed E-state index contributed by atoms with van der Waals surface area (Å²) in [6.07, 6.45) is 0.683. The largest absolute Gasteiger partial charge is 0.491 e. The first-order valence-electron chi connectivity index (χ1n) is 9.31. The monoisotopic (exact) mass is 370 g/mol. The van der Waals surface area contributed by atoms with Gasteiger partial charge in [-0.1, -0.05) is 12.1 Å². The van der Waals surface area contributed by atoms with Crippen molar-refractivity contribution >= 4 is 0 Å². The maximum absolute atomic E-state index is 5.97. The molecule has 0 saturated carbocycles. The van der Waals surface area contributed by atoms with Gasteiger partial charge in [-0.3, -0.25) is 0 Å². The molecule has 0 aromatic heterocycles. The molecule has 6 heteroatoms. The average Bonchev–Trinajstić information content (AvgIpc) is 3.57. The summed E-state index contributed by atoms with van der Waals surface area (Å²) < 4.78 is 33.2. The Morgan fingerprint density at radius 1 is 0.667 bits per heavy atom. The Bertz CT molecular complexity index is 778. The highest BCUT2D eigenvalue weighted by molar-refractivity contribution is 5.72. The molecule has 3 unspecified atom stereocenters. The predicted molar refractivity (Wildman–Crippen MR) is 97.6 cm³/mol. The standard InChI is InChI=1S/C21H22O6/c1-3-15(22-8-17-10-24-17)4-2-14(1)20-7-16(23-9-18-11-25-18)5-6-21(20)27-13-19-12-26-19/h1-7,17-19H,8-13H2. The van der Waals surface area contributed by atoms with E-state index in [0.29, 0.717) is 19.8 Å². The molecular weight excluding hydrogens is 348 g/mol. The van der Waals surface area contributed by atoms with Crippen LogP contribution >= 0.6 is 0 Å². The Balaban J connectivity index is 1.33. The van der Waals surface area contributed by atoms with Crippen LogP contribution in [0.2, 0.25) is 0 Å². The second kappa shape index (κ2) is 7.38. The number of benzene rings is 2. The fourth-order valence-corrected chi connectivity index (χ4v) is 2.73. The van der Waals surface area contributed by atoms with E-state index in [1.807, 2.05) is 42.5 Å². The van der Waals surface area contributed by atoms with Crippen LogP contribution in [0.5, 0.6) is 17.2 Å². The second-order valence-electron chi connectivity index (χ2n) is 6.98. The van der Waals surface area contributed by atoms with Crippen LogP contribution in [0.1, 0.15) is 0 Å². The molecule has 0 radical (unpaired) electrons. The van der Waals surface area contributed by atoms with Crippen LogP contribution in [0.3, 0.4) is 0 Å². The van der Waals surface area contributed by atoms with Gasteiger partial charge in [-0.05, 0) is 35.9 Å². The minimum Gasteiger partial charge on any atom is -0.491 e. The highest BCUT2D eigenvalue weighted by atomic mass is 16.6. The summed E-state index contributed by atoms with van der Waals surface area (Å²) in [5, 5.41) is 0. The van der Waals surface area contributed by atoms with Crippen LogP contribution < -0.4 is 14.2 Å². The van der Waals surface area contributed by atoms with Crippen molar-refractivity contribution in [3.8, 4) is 28.4 Å². The molecule has 27 heavy (non-hydrogen) atoms. The molecule has 0 N–H and O–H groups in total. The Kier molecular flexibility index (Phi) is 4.61. The van der Waals surface area contributed by atoms with Crippen LogP contribution in [-0.2, 0) is 14.2 Å². The summed E-state index contributed by atoms with van der Waals surface area (Å²) >= 11 is 0. The molecule has 3 saturated heterocycles. The van der Waals surface area contributed by atoms with Crippen molar-refractivity contribution in [3.05, 3.63) is 42.5 Å². The maximum atomic E-state index is 5.97. The highest BCUT2D eigenvalue weighted by Crippen LogP contribution is 2.35. The molecule has 142 valence electrons.